The van der Waals surface area contributed by atoms with E-state index in [1.165, 1.54) is 0 Å². The van der Waals surface area contributed by atoms with Crippen molar-refractivity contribution in [2.24, 2.45) is 16.1 Å². The van der Waals surface area contributed by atoms with Crippen molar-refractivity contribution in [3.8, 4) is 0 Å². The van der Waals surface area contributed by atoms with Crippen LogP contribution in [0.25, 0.3) is 0 Å². The summed E-state index contributed by atoms with van der Waals surface area (Å²) < 4.78 is 0. The number of nitrogens with one attached hydrogen (secondary N) is 2. The first kappa shape index (κ1) is 6.18. The molecule has 2 atom stereocenters. The fraction of sp³-hybridized carbons (Fsp3) is 0.800. The Hall–Kier alpha value is -0.550. The number of fused-ring (bicyclic) bond motifs is 1. The third-order valence-electron chi connectivity index (χ3n) is 1.78. The Kier molecular flexibility index (Phi) is 1.39. The monoisotopic (exact) mass is 156 g/mol. The minimum absolute atomic E-state index is 0.147. The normalized spacial score (nSPS) is 37.4. The highest BCUT2D eigenvalue weighted by molar-refractivity contribution is 7.80. The van der Waals surface area contributed by atoms with Crippen molar-refractivity contribution in [1.29, 1.82) is 0 Å². The molecule has 0 bridgehead atoms. The number of hydrogen-bond acceptors (Lipinski definition) is 4. The molecule has 0 spiro atoms. The quantitative estimate of drug-likeness (QED) is 0.480. The summed E-state index contributed by atoms with van der Waals surface area (Å²) >= 11 is 5.07. The summed E-state index contributed by atoms with van der Waals surface area (Å²) in [4.78, 5) is 0.897. The molecule has 54 valence electrons. The van der Waals surface area contributed by atoms with Gasteiger partial charge < -0.3 is 5.32 Å². The maximum atomic E-state index is 5.07. The van der Waals surface area contributed by atoms with Crippen LogP contribution in [0.5, 0.6) is 0 Å². The van der Waals surface area contributed by atoms with E-state index in [1.807, 2.05) is 0 Å². The first-order chi connectivity index (χ1) is 4.88. The van der Waals surface area contributed by atoms with Gasteiger partial charge in [-0.25, -0.2) is 0 Å². The van der Waals surface area contributed by atoms with Crippen molar-refractivity contribution < 1.29 is 0 Å². The van der Waals surface area contributed by atoms with Crippen LogP contribution in [0.1, 0.15) is 0 Å². The second-order valence-corrected chi connectivity index (χ2v) is 2.85. The van der Waals surface area contributed by atoms with Gasteiger partial charge in [0.05, 0.1) is 24.1 Å². The molecule has 2 aliphatic rings. The lowest BCUT2D eigenvalue weighted by atomic mass is 10.1. The molecule has 2 heterocycles. The van der Waals surface area contributed by atoms with Crippen LogP contribution in [0, 0.1) is 5.92 Å². The highest BCUT2D eigenvalue weighted by atomic mass is 32.1. The fourth-order valence-corrected chi connectivity index (χ4v) is 1.46. The zero-order valence-electron chi connectivity index (χ0n) is 5.37. The summed E-state index contributed by atoms with van der Waals surface area (Å²) in [6, 6.07) is 0. The lowest BCUT2D eigenvalue weighted by Gasteiger charge is -2.25. The molecule has 0 aromatic rings. The van der Waals surface area contributed by atoms with E-state index in [9.17, 15) is 0 Å². The lowest BCUT2D eigenvalue weighted by molar-refractivity contribution is 0.440. The summed E-state index contributed by atoms with van der Waals surface area (Å²) in [5.74, 6) is 0.309. The Morgan fingerprint density at radius 1 is 1.60 bits per heavy atom. The van der Waals surface area contributed by atoms with E-state index in [4.69, 9.17) is 12.2 Å². The summed E-state index contributed by atoms with van der Waals surface area (Å²) in [5.41, 5.74) is 0. The Labute approximate surface area is 64.1 Å². The summed E-state index contributed by atoms with van der Waals surface area (Å²) in [5, 5.41) is 14.1. The molecule has 1 saturated heterocycles. The summed E-state index contributed by atoms with van der Waals surface area (Å²) in [7, 11) is 0. The minimum Gasteiger partial charge on any atom is -0.367 e. The standard InChI is InChI=1S/C5H8N4S/c10-5-3-1-8-9-4(3)6-2-7-5/h3-4,6H,1-2H2,(H,7,10). The smallest absolute Gasteiger partial charge is 0.133 e. The van der Waals surface area contributed by atoms with Crippen LogP contribution in [-0.4, -0.2) is 24.4 Å². The van der Waals surface area contributed by atoms with Crippen LogP contribution in [0.2, 0.25) is 0 Å². The van der Waals surface area contributed by atoms with E-state index in [1.54, 1.807) is 0 Å². The molecule has 1 fully saturated rings. The molecular formula is C5H8N4S. The third-order valence-corrected chi connectivity index (χ3v) is 2.22. The van der Waals surface area contributed by atoms with Crippen LogP contribution >= 0.6 is 12.2 Å². The summed E-state index contributed by atoms with van der Waals surface area (Å²) in [6.45, 7) is 1.46. The second kappa shape index (κ2) is 2.25. The maximum absolute atomic E-state index is 5.07. The van der Waals surface area contributed by atoms with Crippen molar-refractivity contribution in [3.05, 3.63) is 0 Å². The minimum atomic E-state index is 0.147. The highest BCUT2D eigenvalue weighted by Crippen LogP contribution is 2.17. The average molecular weight is 156 g/mol. The topological polar surface area (TPSA) is 48.8 Å². The molecule has 0 aliphatic carbocycles. The van der Waals surface area contributed by atoms with Gasteiger partial charge in [0.25, 0.3) is 0 Å². The van der Waals surface area contributed by atoms with E-state index in [2.05, 4.69) is 20.9 Å². The first-order valence-electron chi connectivity index (χ1n) is 3.25. The molecule has 0 aromatic carbocycles. The zero-order valence-corrected chi connectivity index (χ0v) is 6.19. The van der Waals surface area contributed by atoms with Crippen LogP contribution in [-0.2, 0) is 0 Å². The molecule has 4 nitrogen and oxygen atoms in total. The van der Waals surface area contributed by atoms with E-state index in [0.717, 1.165) is 18.2 Å². The van der Waals surface area contributed by atoms with Crippen molar-refractivity contribution in [2.75, 3.05) is 13.2 Å². The molecule has 2 N–H and O–H groups in total. The number of azo groups is 1. The predicted molar refractivity (Wildman–Crippen MR) is 40.7 cm³/mol. The molecule has 0 amide bonds. The number of rotatable bonds is 0. The van der Waals surface area contributed by atoms with Crippen LogP contribution in [0.15, 0.2) is 10.2 Å². The van der Waals surface area contributed by atoms with E-state index >= 15 is 0 Å². The van der Waals surface area contributed by atoms with Gasteiger partial charge in [-0.3, -0.25) is 5.32 Å². The second-order valence-electron chi connectivity index (χ2n) is 2.41. The van der Waals surface area contributed by atoms with Crippen LogP contribution in [0.4, 0.5) is 0 Å². The van der Waals surface area contributed by atoms with Gasteiger partial charge in [0.1, 0.15) is 6.17 Å². The van der Waals surface area contributed by atoms with E-state index in [-0.39, 0.29) is 6.17 Å². The largest absolute Gasteiger partial charge is 0.367 e. The summed E-state index contributed by atoms with van der Waals surface area (Å²) in [6.07, 6.45) is 0.147. The Balaban J connectivity index is 2.14. The fourth-order valence-electron chi connectivity index (χ4n) is 1.19. The van der Waals surface area contributed by atoms with E-state index in [0.29, 0.717) is 5.92 Å². The molecule has 5 heteroatoms. The number of hydrogen-bond donors (Lipinski definition) is 2. The first-order valence-corrected chi connectivity index (χ1v) is 3.66. The van der Waals surface area contributed by atoms with Crippen molar-refractivity contribution in [2.45, 2.75) is 6.17 Å². The molecule has 2 rings (SSSR count). The third kappa shape index (κ3) is 0.819. The van der Waals surface area contributed by atoms with Gasteiger partial charge in [-0.15, -0.1) is 0 Å². The van der Waals surface area contributed by atoms with Crippen molar-refractivity contribution in [1.82, 2.24) is 10.6 Å². The van der Waals surface area contributed by atoms with Crippen LogP contribution in [0.3, 0.4) is 0 Å². The predicted octanol–water partition coefficient (Wildman–Crippen LogP) is -0.128. The van der Waals surface area contributed by atoms with Crippen molar-refractivity contribution in [3.63, 3.8) is 0 Å². The molecular weight excluding hydrogens is 148 g/mol. The Morgan fingerprint density at radius 2 is 2.50 bits per heavy atom. The maximum Gasteiger partial charge on any atom is 0.133 e. The Bertz CT molecular complexity index is 190. The van der Waals surface area contributed by atoms with Gasteiger partial charge in [-0.05, 0) is 0 Å². The molecule has 2 unspecified atom stereocenters. The van der Waals surface area contributed by atoms with Gasteiger partial charge in [0.2, 0.25) is 0 Å². The molecule has 10 heavy (non-hydrogen) atoms. The number of thiocarbonyl (C=S) groups is 1. The van der Waals surface area contributed by atoms with Crippen LogP contribution < -0.4 is 10.6 Å². The van der Waals surface area contributed by atoms with Gasteiger partial charge >= 0.3 is 0 Å². The molecule has 2 aliphatic heterocycles. The van der Waals surface area contributed by atoms with Gasteiger partial charge in [-0.2, -0.15) is 10.2 Å². The molecule has 0 aromatic heterocycles. The van der Waals surface area contributed by atoms with Gasteiger partial charge in [0, 0.05) is 0 Å². The van der Waals surface area contributed by atoms with Gasteiger partial charge in [0.15, 0.2) is 0 Å². The average Bonchev–Trinajstić information content (AvgIpc) is 2.36. The van der Waals surface area contributed by atoms with Crippen molar-refractivity contribution >= 4 is 17.2 Å². The molecule has 0 radical (unpaired) electrons. The van der Waals surface area contributed by atoms with Gasteiger partial charge in [-0.1, -0.05) is 12.2 Å². The SMILES string of the molecule is S=C1NCNC2N=NCC12. The Morgan fingerprint density at radius 3 is 3.30 bits per heavy atom. The molecule has 0 saturated carbocycles. The lowest BCUT2D eigenvalue weighted by Crippen LogP contribution is -2.52. The number of nitrogens with zero attached hydrogens (tertiary/aromatic N) is 2. The highest BCUT2D eigenvalue weighted by Gasteiger charge is 2.31. The zero-order chi connectivity index (χ0) is 6.97. The van der Waals surface area contributed by atoms with E-state index < -0.39 is 0 Å².